The van der Waals surface area contributed by atoms with Crippen molar-refractivity contribution >= 4 is 12.4 Å². The highest BCUT2D eigenvalue weighted by Gasteiger charge is 1.97. The van der Waals surface area contributed by atoms with E-state index < -0.39 is 0 Å². The lowest BCUT2D eigenvalue weighted by Crippen LogP contribution is -1.99. The van der Waals surface area contributed by atoms with Gasteiger partial charge >= 0.3 is 0 Å². The largest absolute Gasteiger partial charge is 0.494 e. The van der Waals surface area contributed by atoms with Crippen LogP contribution >= 0.6 is 12.4 Å². The average molecular weight is 202 g/mol. The van der Waals surface area contributed by atoms with E-state index in [9.17, 15) is 0 Å². The van der Waals surface area contributed by atoms with Gasteiger partial charge in [-0.3, -0.25) is 0 Å². The first kappa shape index (κ1) is 12.3. The fourth-order valence-electron chi connectivity index (χ4n) is 1.15. The molecular formula is C10H16ClNO. The zero-order valence-corrected chi connectivity index (χ0v) is 8.86. The fraction of sp³-hybridized carbons (Fsp3) is 0.400. The lowest BCUT2D eigenvalue weighted by Gasteiger charge is -2.06. The predicted octanol–water partition coefficient (Wildman–Crippen LogP) is 2.27. The molecule has 0 fully saturated rings. The van der Waals surface area contributed by atoms with E-state index in [0.717, 1.165) is 5.75 Å². The second-order valence-electron chi connectivity index (χ2n) is 2.73. The monoisotopic (exact) mass is 201 g/mol. The number of rotatable bonds is 3. The molecule has 0 bridgehead atoms. The Morgan fingerprint density at radius 2 is 2.08 bits per heavy atom. The standard InChI is InChI=1S/C10H15NO.ClH/c1-3-12-10-5-4-9(7-11)8(2)6-10;/h4-6H,3,7,11H2,1-2H3;1H. The third-order valence-corrected chi connectivity index (χ3v) is 1.84. The number of benzene rings is 1. The molecule has 0 atom stereocenters. The molecule has 0 radical (unpaired) electrons. The van der Waals surface area contributed by atoms with Crippen LogP contribution in [0.4, 0.5) is 0 Å². The summed E-state index contributed by atoms with van der Waals surface area (Å²) in [6, 6.07) is 5.99. The van der Waals surface area contributed by atoms with E-state index in [2.05, 4.69) is 0 Å². The molecule has 13 heavy (non-hydrogen) atoms. The Labute approximate surface area is 85.5 Å². The summed E-state index contributed by atoms with van der Waals surface area (Å²) >= 11 is 0. The summed E-state index contributed by atoms with van der Waals surface area (Å²) in [5.41, 5.74) is 7.91. The van der Waals surface area contributed by atoms with E-state index >= 15 is 0 Å². The number of nitrogens with two attached hydrogens (primary N) is 1. The van der Waals surface area contributed by atoms with Gasteiger partial charge in [0.05, 0.1) is 6.61 Å². The maximum Gasteiger partial charge on any atom is 0.119 e. The number of aryl methyl sites for hydroxylation is 1. The van der Waals surface area contributed by atoms with Crippen molar-refractivity contribution in [3.05, 3.63) is 29.3 Å². The first-order valence-corrected chi connectivity index (χ1v) is 4.20. The summed E-state index contributed by atoms with van der Waals surface area (Å²) in [6.45, 7) is 5.33. The summed E-state index contributed by atoms with van der Waals surface area (Å²) in [5, 5.41) is 0. The molecule has 2 nitrogen and oxygen atoms in total. The lowest BCUT2D eigenvalue weighted by atomic mass is 10.1. The maximum atomic E-state index is 5.53. The molecule has 2 N–H and O–H groups in total. The van der Waals surface area contributed by atoms with Gasteiger partial charge in [0.2, 0.25) is 0 Å². The quantitative estimate of drug-likeness (QED) is 0.815. The smallest absolute Gasteiger partial charge is 0.119 e. The van der Waals surface area contributed by atoms with Crippen molar-refractivity contribution in [1.82, 2.24) is 0 Å². The number of hydrogen-bond donors (Lipinski definition) is 1. The van der Waals surface area contributed by atoms with E-state index in [0.29, 0.717) is 13.2 Å². The van der Waals surface area contributed by atoms with E-state index in [1.54, 1.807) is 0 Å². The van der Waals surface area contributed by atoms with Crippen LogP contribution in [-0.4, -0.2) is 6.61 Å². The van der Waals surface area contributed by atoms with Crippen LogP contribution in [0.5, 0.6) is 5.75 Å². The minimum absolute atomic E-state index is 0. The summed E-state index contributed by atoms with van der Waals surface area (Å²) in [7, 11) is 0. The van der Waals surface area contributed by atoms with Gasteiger partial charge < -0.3 is 10.5 Å². The molecule has 1 rings (SSSR count). The molecule has 0 unspecified atom stereocenters. The van der Waals surface area contributed by atoms with Crippen LogP contribution in [0.15, 0.2) is 18.2 Å². The summed E-state index contributed by atoms with van der Waals surface area (Å²) < 4.78 is 5.35. The van der Waals surface area contributed by atoms with Gasteiger partial charge in [-0.25, -0.2) is 0 Å². The molecule has 3 heteroatoms. The molecule has 0 heterocycles. The van der Waals surface area contributed by atoms with Crippen LogP contribution in [-0.2, 0) is 6.54 Å². The summed E-state index contributed by atoms with van der Waals surface area (Å²) in [6.07, 6.45) is 0. The number of hydrogen-bond acceptors (Lipinski definition) is 2. The number of ether oxygens (including phenoxy) is 1. The van der Waals surface area contributed by atoms with Gasteiger partial charge in [-0.2, -0.15) is 0 Å². The van der Waals surface area contributed by atoms with Gasteiger partial charge in [-0.15, -0.1) is 12.4 Å². The minimum Gasteiger partial charge on any atom is -0.494 e. The fourth-order valence-corrected chi connectivity index (χ4v) is 1.15. The van der Waals surface area contributed by atoms with Crippen molar-refractivity contribution < 1.29 is 4.74 Å². The minimum atomic E-state index is 0. The van der Waals surface area contributed by atoms with Crippen LogP contribution in [0, 0.1) is 6.92 Å². The SMILES string of the molecule is CCOc1ccc(CN)c(C)c1.Cl. The van der Waals surface area contributed by atoms with Crippen molar-refractivity contribution in [2.45, 2.75) is 20.4 Å². The Morgan fingerprint density at radius 3 is 2.54 bits per heavy atom. The average Bonchev–Trinajstić information content (AvgIpc) is 2.05. The predicted molar refractivity (Wildman–Crippen MR) is 57.5 cm³/mol. The molecule has 0 saturated carbocycles. The highest BCUT2D eigenvalue weighted by molar-refractivity contribution is 5.85. The number of halogens is 1. The van der Waals surface area contributed by atoms with Gasteiger partial charge in [0.25, 0.3) is 0 Å². The van der Waals surface area contributed by atoms with Crippen LogP contribution in [0.1, 0.15) is 18.1 Å². The van der Waals surface area contributed by atoms with E-state index in [1.807, 2.05) is 32.0 Å². The van der Waals surface area contributed by atoms with Crippen molar-refractivity contribution in [1.29, 1.82) is 0 Å². The van der Waals surface area contributed by atoms with Crippen molar-refractivity contribution in [2.24, 2.45) is 5.73 Å². The Balaban J connectivity index is 0.00000144. The molecule has 0 aliphatic rings. The maximum absolute atomic E-state index is 5.53. The van der Waals surface area contributed by atoms with Crippen LogP contribution in [0.25, 0.3) is 0 Å². The van der Waals surface area contributed by atoms with Gasteiger partial charge in [0.1, 0.15) is 5.75 Å². The molecule has 0 aliphatic heterocycles. The summed E-state index contributed by atoms with van der Waals surface area (Å²) in [4.78, 5) is 0. The second kappa shape index (κ2) is 5.84. The zero-order valence-electron chi connectivity index (χ0n) is 8.04. The Morgan fingerprint density at radius 1 is 1.38 bits per heavy atom. The Bertz CT molecular complexity index is 263. The molecule has 0 spiro atoms. The highest BCUT2D eigenvalue weighted by atomic mass is 35.5. The third kappa shape index (κ3) is 3.25. The molecule has 0 aliphatic carbocycles. The molecular weight excluding hydrogens is 186 g/mol. The molecule has 1 aromatic rings. The molecule has 0 amide bonds. The molecule has 0 saturated heterocycles. The summed E-state index contributed by atoms with van der Waals surface area (Å²) in [5.74, 6) is 0.923. The Hall–Kier alpha value is -0.730. The Kier molecular flexibility index (Phi) is 5.51. The van der Waals surface area contributed by atoms with Gasteiger partial charge in [-0.1, -0.05) is 6.07 Å². The first-order chi connectivity index (χ1) is 5.77. The van der Waals surface area contributed by atoms with Crippen molar-refractivity contribution in [2.75, 3.05) is 6.61 Å². The van der Waals surface area contributed by atoms with E-state index in [1.165, 1.54) is 11.1 Å². The molecule has 0 aromatic heterocycles. The first-order valence-electron chi connectivity index (χ1n) is 4.20. The van der Waals surface area contributed by atoms with Gasteiger partial charge in [0, 0.05) is 6.54 Å². The van der Waals surface area contributed by atoms with Crippen LogP contribution < -0.4 is 10.5 Å². The highest BCUT2D eigenvalue weighted by Crippen LogP contribution is 2.16. The molecule has 74 valence electrons. The third-order valence-electron chi connectivity index (χ3n) is 1.84. The van der Waals surface area contributed by atoms with Crippen molar-refractivity contribution in [3.8, 4) is 5.75 Å². The van der Waals surface area contributed by atoms with Crippen LogP contribution in [0.2, 0.25) is 0 Å². The van der Waals surface area contributed by atoms with Crippen molar-refractivity contribution in [3.63, 3.8) is 0 Å². The van der Waals surface area contributed by atoms with Crippen LogP contribution in [0.3, 0.4) is 0 Å². The van der Waals surface area contributed by atoms with E-state index in [-0.39, 0.29) is 12.4 Å². The zero-order chi connectivity index (χ0) is 8.97. The van der Waals surface area contributed by atoms with E-state index in [4.69, 9.17) is 10.5 Å². The molecule has 1 aromatic carbocycles. The second-order valence-corrected chi connectivity index (χ2v) is 2.73. The normalized spacial score (nSPS) is 9.15. The van der Waals surface area contributed by atoms with Gasteiger partial charge in [0.15, 0.2) is 0 Å². The topological polar surface area (TPSA) is 35.2 Å². The van der Waals surface area contributed by atoms with Gasteiger partial charge in [-0.05, 0) is 37.1 Å². The lowest BCUT2D eigenvalue weighted by molar-refractivity contribution is 0.340.